The number of likely N-dealkylation sites (tertiary alicyclic amines) is 1. The van der Waals surface area contributed by atoms with E-state index in [0.717, 1.165) is 24.8 Å². The molecule has 1 saturated heterocycles. The van der Waals surface area contributed by atoms with Crippen LogP contribution in [0.3, 0.4) is 0 Å². The summed E-state index contributed by atoms with van der Waals surface area (Å²) in [5, 5.41) is 2.83. The molecule has 2 rings (SSSR count). The summed E-state index contributed by atoms with van der Waals surface area (Å²) in [5.74, 6) is -0.141. The number of hydrogen-bond donors (Lipinski definition) is 1. The molecule has 0 aromatic heterocycles. The van der Waals surface area contributed by atoms with Crippen molar-refractivity contribution in [3.63, 3.8) is 0 Å². The van der Waals surface area contributed by atoms with Crippen molar-refractivity contribution in [3.8, 4) is 0 Å². The molecule has 6 nitrogen and oxygen atoms in total. The number of nitrogens with one attached hydrogen (secondary N) is 1. The van der Waals surface area contributed by atoms with Gasteiger partial charge < -0.3 is 15.1 Å². The zero-order valence-corrected chi connectivity index (χ0v) is 14.4. The van der Waals surface area contributed by atoms with Gasteiger partial charge in [0.15, 0.2) is 0 Å². The Morgan fingerprint density at radius 2 is 1.83 bits per heavy atom. The Kier molecular flexibility index (Phi) is 6.35. The maximum Gasteiger partial charge on any atom is 0.253 e. The van der Waals surface area contributed by atoms with Gasteiger partial charge in [-0.3, -0.25) is 14.4 Å². The van der Waals surface area contributed by atoms with Crippen molar-refractivity contribution >= 4 is 17.7 Å². The monoisotopic (exact) mass is 331 g/mol. The van der Waals surface area contributed by atoms with Crippen LogP contribution in [0.5, 0.6) is 0 Å². The summed E-state index contributed by atoms with van der Waals surface area (Å²) in [4.78, 5) is 38.9. The molecule has 0 aliphatic carbocycles. The van der Waals surface area contributed by atoms with Gasteiger partial charge in [0.05, 0.1) is 6.54 Å². The summed E-state index contributed by atoms with van der Waals surface area (Å²) in [5.41, 5.74) is 1.53. The van der Waals surface area contributed by atoms with Crippen LogP contribution in [0, 0.1) is 0 Å². The van der Waals surface area contributed by atoms with E-state index in [1.165, 1.54) is 4.90 Å². The molecule has 3 amide bonds. The molecule has 6 heteroatoms. The van der Waals surface area contributed by atoms with E-state index < -0.39 is 0 Å². The van der Waals surface area contributed by atoms with Crippen LogP contribution < -0.4 is 5.32 Å². The lowest BCUT2D eigenvalue weighted by atomic mass is 10.1. The molecule has 0 unspecified atom stereocenters. The third-order valence-corrected chi connectivity index (χ3v) is 4.10. The predicted molar refractivity (Wildman–Crippen MR) is 91.4 cm³/mol. The summed E-state index contributed by atoms with van der Waals surface area (Å²) in [6, 6.07) is 7.16. The quantitative estimate of drug-likeness (QED) is 0.887. The molecule has 0 spiro atoms. The van der Waals surface area contributed by atoms with E-state index in [4.69, 9.17) is 0 Å². The van der Waals surface area contributed by atoms with E-state index in [1.54, 1.807) is 31.1 Å². The summed E-state index contributed by atoms with van der Waals surface area (Å²) >= 11 is 0. The van der Waals surface area contributed by atoms with E-state index in [9.17, 15) is 14.4 Å². The zero-order valence-electron chi connectivity index (χ0n) is 14.4. The fourth-order valence-electron chi connectivity index (χ4n) is 2.66. The van der Waals surface area contributed by atoms with Crippen LogP contribution in [0.4, 0.5) is 0 Å². The lowest BCUT2D eigenvalue weighted by molar-refractivity contribution is -0.135. The van der Waals surface area contributed by atoms with Crippen molar-refractivity contribution in [1.29, 1.82) is 0 Å². The number of nitrogens with zero attached hydrogens (tertiary/aromatic N) is 2. The Morgan fingerprint density at radius 3 is 2.50 bits per heavy atom. The number of rotatable bonds is 5. The van der Waals surface area contributed by atoms with Crippen molar-refractivity contribution in [1.82, 2.24) is 15.1 Å². The Morgan fingerprint density at radius 1 is 1.12 bits per heavy atom. The lowest BCUT2D eigenvalue weighted by Gasteiger charge is -2.19. The van der Waals surface area contributed by atoms with Crippen LogP contribution in [0.25, 0.3) is 0 Å². The van der Waals surface area contributed by atoms with E-state index in [1.807, 2.05) is 12.1 Å². The molecule has 0 saturated carbocycles. The Balaban J connectivity index is 1.83. The summed E-state index contributed by atoms with van der Waals surface area (Å²) in [6.07, 6.45) is 3.45. The van der Waals surface area contributed by atoms with Crippen LogP contribution >= 0.6 is 0 Å². The smallest absolute Gasteiger partial charge is 0.253 e. The molecular weight excluding hydrogens is 306 g/mol. The molecule has 0 atom stereocenters. The first-order chi connectivity index (χ1) is 11.5. The van der Waals surface area contributed by atoms with Gasteiger partial charge in [-0.25, -0.2) is 0 Å². The first kappa shape index (κ1) is 18.0. The van der Waals surface area contributed by atoms with E-state index in [2.05, 4.69) is 5.32 Å². The molecule has 1 aromatic carbocycles. The van der Waals surface area contributed by atoms with Crippen molar-refractivity contribution in [3.05, 3.63) is 35.4 Å². The van der Waals surface area contributed by atoms with Gasteiger partial charge >= 0.3 is 0 Å². The normalized spacial score (nSPS) is 14.9. The van der Waals surface area contributed by atoms with Gasteiger partial charge in [-0.15, -0.1) is 0 Å². The Hall–Kier alpha value is -2.37. The van der Waals surface area contributed by atoms with Crippen LogP contribution in [-0.2, 0) is 16.1 Å². The SMILES string of the molecule is CN(C)C(=O)c1ccc(CNC(=O)CN2CCCCCC2=O)cc1. The summed E-state index contributed by atoms with van der Waals surface area (Å²) in [6.45, 7) is 1.17. The minimum absolute atomic E-state index is 0.0507. The second-order valence-electron chi connectivity index (χ2n) is 6.30. The molecule has 1 aliphatic rings. The topological polar surface area (TPSA) is 69.7 Å². The molecule has 0 radical (unpaired) electrons. The molecule has 24 heavy (non-hydrogen) atoms. The highest BCUT2D eigenvalue weighted by Gasteiger charge is 2.18. The maximum absolute atomic E-state index is 12.0. The van der Waals surface area contributed by atoms with Gasteiger partial charge in [0.1, 0.15) is 0 Å². The van der Waals surface area contributed by atoms with Crippen molar-refractivity contribution < 1.29 is 14.4 Å². The van der Waals surface area contributed by atoms with Crippen LogP contribution in [0.1, 0.15) is 41.6 Å². The molecule has 1 heterocycles. The van der Waals surface area contributed by atoms with Crippen LogP contribution in [0.15, 0.2) is 24.3 Å². The minimum atomic E-state index is -0.154. The van der Waals surface area contributed by atoms with Gasteiger partial charge in [0.25, 0.3) is 5.91 Å². The highest BCUT2D eigenvalue weighted by Crippen LogP contribution is 2.11. The van der Waals surface area contributed by atoms with Crippen molar-refractivity contribution in [2.75, 3.05) is 27.2 Å². The van der Waals surface area contributed by atoms with E-state index in [0.29, 0.717) is 25.1 Å². The van der Waals surface area contributed by atoms with Gasteiger partial charge in [0, 0.05) is 39.2 Å². The average Bonchev–Trinajstić information content (AvgIpc) is 2.77. The third kappa shape index (κ3) is 5.08. The second kappa shape index (κ2) is 8.47. The number of carbonyl (C=O) groups excluding carboxylic acids is 3. The number of amides is 3. The van der Waals surface area contributed by atoms with Gasteiger partial charge in [0.2, 0.25) is 11.8 Å². The van der Waals surface area contributed by atoms with E-state index in [-0.39, 0.29) is 24.3 Å². The van der Waals surface area contributed by atoms with Crippen molar-refractivity contribution in [2.45, 2.75) is 32.2 Å². The summed E-state index contributed by atoms with van der Waals surface area (Å²) < 4.78 is 0. The average molecular weight is 331 g/mol. The fraction of sp³-hybridized carbons (Fsp3) is 0.500. The minimum Gasteiger partial charge on any atom is -0.350 e. The Bertz CT molecular complexity index is 596. The summed E-state index contributed by atoms with van der Waals surface area (Å²) in [7, 11) is 3.42. The van der Waals surface area contributed by atoms with E-state index >= 15 is 0 Å². The van der Waals surface area contributed by atoms with Crippen LogP contribution in [-0.4, -0.2) is 54.7 Å². The van der Waals surface area contributed by atoms with Crippen LogP contribution in [0.2, 0.25) is 0 Å². The van der Waals surface area contributed by atoms with Crippen molar-refractivity contribution in [2.24, 2.45) is 0 Å². The number of benzene rings is 1. The Labute approximate surface area is 142 Å². The third-order valence-electron chi connectivity index (χ3n) is 4.10. The lowest BCUT2D eigenvalue weighted by Crippen LogP contribution is -2.40. The molecule has 1 fully saturated rings. The first-order valence-electron chi connectivity index (χ1n) is 8.32. The predicted octanol–water partition coefficient (Wildman–Crippen LogP) is 1.41. The molecular formula is C18H25N3O3. The molecule has 1 aromatic rings. The number of carbonyl (C=O) groups is 3. The number of hydrogen-bond acceptors (Lipinski definition) is 3. The molecule has 1 aliphatic heterocycles. The standard InChI is InChI=1S/C18H25N3O3/c1-20(2)18(24)15-9-7-14(8-10-15)12-19-16(22)13-21-11-5-3-4-6-17(21)23/h7-10H,3-6,11-13H2,1-2H3,(H,19,22). The maximum atomic E-state index is 12.0. The molecule has 1 N–H and O–H groups in total. The second-order valence-corrected chi connectivity index (χ2v) is 6.30. The highest BCUT2D eigenvalue weighted by molar-refractivity contribution is 5.93. The highest BCUT2D eigenvalue weighted by atomic mass is 16.2. The first-order valence-corrected chi connectivity index (χ1v) is 8.32. The van der Waals surface area contributed by atoms with Gasteiger partial charge in [-0.2, -0.15) is 0 Å². The van der Waals surface area contributed by atoms with Gasteiger partial charge in [-0.1, -0.05) is 18.6 Å². The molecule has 0 bridgehead atoms. The fourth-order valence-corrected chi connectivity index (χ4v) is 2.66. The zero-order chi connectivity index (χ0) is 17.5. The molecule has 130 valence electrons. The largest absolute Gasteiger partial charge is 0.350 e. The van der Waals surface area contributed by atoms with Gasteiger partial charge in [-0.05, 0) is 30.5 Å².